The van der Waals surface area contributed by atoms with E-state index in [4.69, 9.17) is 16.7 Å². The summed E-state index contributed by atoms with van der Waals surface area (Å²) in [6.45, 7) is 2.95. The van der Waals surface area contributed by atoms with Gasteiger partial charge in [0, 0.05) is 23.6 Å². The van der Waals surface area contributed by atoms with Crippen molar-refractivity contribution >= 4 is 17.4 Å². The van der Waals surface area contributed by atoms with Crippen LogP contribution in [-0.4, -0.2) is 16.3 Å². The van der Waals surface area contributed by atoms with Crippen LogP contribution in [-0.2, 0) is 12.8 Å². The van der Waals surface area contributed by atoms with E-state index in [0.717, 1.165) is 59.2 Å². The van der Waals surface area contributed by atoms with Crippen molar-refractivity contribution < 1.29 is 4.39 Å². The molecule has 0 bridgehead atoms. The highest BCUT2D eigenvalue weighted by Gasteiger charge is 2.21. The predicted molar refractivity (Wildman–Crippen MR) is 104 cm³/mol. The molecule has 0 radical (unpaired) electrons. The summed E-state index contributed by atoms with van der Waals surface area (Å²) < 4.78 is 15.2. The molecule has 1 aliphatic rings. The first kappa shape index (κ1) is 17.1. The molecular weight excluding hydrogens is 349 g/mol. The van der Waals surface area contributed by atoms with E-state index in [1.807, 2.05) is 41.9 Å². The Bertz CT molecular complexity index is 931. The van der Waals surface area contributed by atoms with Crippen molar-refractivity contribution in [3.8, 4) is 5.69 Å². The van der Waals surface area contributed by atoms with Crippen LogP contribution in [0.3, 0.4) is 0 Å². The first-order chi connectivity index (χ1) is 12.6. The second-order valence-corrected chi connectivity index (χ2v) is 7.16. The normalized spacial score (nSPS) is 13.8. The Balaban J connectivity index is 1.81. The maximum atomic E-state index is 13.2. The second-order valence-electron chi connectivity index (χ2n) is 6.76. The van der Waals surface area contributed by atoms with Gasteiger partial charge in [-0.2, -0.15) is 5.10 Å². The molecule has 1 N–H and O–H groups in total. The zero-order chi connectivity index (χ0) is 18.1. The molecule has 1 aromatic heterocycles. The van der Waals surface area contributed by atoms with E-state index in [-0.39, 0.29) is 5.82 Å². The molecule has 2 aromatic carbocycles. The number of fused-ring (bicyclic) bond motifs is 1. The number of benzene rings is 2. The van der Waals surface area contributed by atoms with E-state index in [0.29, 0.717) is 6.42 Å². The lowest BCUT2D eigenvalue weighted by atomic mass is 10.0. The molecule has 0 fully saturated rings. The first-order valence-electron chi connectivity index (χ1n) is 8.98. The topological polar surface area (TPSA) is 29.9 Å². The Kier molecular flexibility index (Phi) is 4.68. The number of halogens is 2. The van der Waals surface area contributed by atoms with Crippen LogP contribution < -0.4 is 5.32 Å². The number of anilines is 1. The molecule has 0 unspecified atom stereocenters. The van der Waals surface area contributed by atoms with Crippen molar-refractivity contribution in [3.05, 3.63) is 75.7 Å². The van der Waals surface area contributed by atoms with Gasteiger partial charge >= 0.3 is 0 Å². The van der Waals surface area contributed by atoms with Gasteiger partial charge in [-0.25, -0.2) is 9.07 Å². The van der Waals surface area contributed by atoms with Crippen LogP contribution in [0, 0.1) is 12.7 Å². The van der Waals surface area contributed by atoms with Gasteiger partial charge in [-0.1, -0.05) is 29.8 Å². The average Bonchev–Trinajstić information content (AvgIpc) is 2.81. The summed E-state index contributed by atoms with van der Waals surface area (Å²) in [4.78, 5) is 0. The number of nitrogens with zero attached hydrogens (tertiary/aromatic N) is 2. The van der Waals surface area contributed by atoms with Gasteiger partial charge in [0.2, 0.25) is 0 Å². The molecule has 0 saturated heterocycles. The summed E-state index contributed by atoms with van der Waals surface area (Å²) in [5.41, 5.74) is 5.37. The summed E-state index contributed by atoms with van der Waals surface area (Å²) in [5.74, 6) is 0.847. The molecule has 2 heterocycles. The molecule has 3 aromatic rings. The largest absolute Gasteiger partial charge is 0.370 e. The first-order valence-corrected chi connectivity index (χ1v) is 9.36. The fraction of sp³-hybridized carbons (Fsp3) is 0.286. The van der Waals surface area contributed by atoms with Gasteiger partial charge in [0.15, 0.2) is 0 Å². The van der Waals surface area contributed by atoms with Gasteiger partial charge in [0.1, 0.15) is 11.6 Å². The predicted octanol–water partition coefficient (Wildman–Crippen LogP) is 5.31. The van der Waals surface area contributed by atoms with Gasteiger partial charge in [-0.15, -0.1) is 0 Å². The van der Waals surface area contributed by atoms with E-state index in [9.17, 15) is 4.39 Å². The molecule has 0 amide bonds. The summed E-state index contributed by atoms with van der Waals surface area (Å²) in [6, 6.07) is 12.6. The highest BCUT2D eigenvalue weighted by atomic mass is 35.5. The third-order valence-corrected chi connectivity index (χ3v) is 5.37. The van der Waals surface area contributed by atoms with Crippen LogP contribution in [0.2, 0.25) is 5.02 Å². The van der Waals surface area contributed by atoms with Gasteiger partial charge in [0.25, 0.3) is 0 Å². The Morgan fingerprint density at radius 2 is 1.96 bits per heavy atom. The van der Waals surface area contributed by atoms with Crippen molar-refractivity contribution in [2.24, 2.45) is 0 Å². The molecule has 0 atom stereocenters. The van der Waals surface area contributed by atoms with Crippen LogP contribution in [0.4, 0.5) is 10.2 Å². The van der Waals surface area contributed by atoms with E-state index >= 15 is 0 Å². The van der Waals surface area contributed by atoms with Gasteiger partial charge < -0.3 is 5.32 Å². The van der Waals surface area contributed by atoms with Crippen LogP contribution in [0.5, 0.6) is 0 Å². The Morgan fingerprint density at radius 3 is 2.77 bits per heavy atom. The third kappa shape index (κ3) is 3.21. The molecule has 0 aliphatic carbocycles. The van der Waals surface area contributed by atoms with Crippen molar-refractivity contribution in [2.45, 2.75) is 32.6 Å². The van der Waals surface area contributed by atoms with Gasteiger partial charge in [-0.3, -0.25) is 0 Å². The minimum Gasteiger partial charge on any atom is -0.370 e. The standard InChI is InChI=1S/C21H21ClFN3/c1-14-18(22)6-4-7-20(14)26-21-17(5-2-3-12-24-21)19(25-26)13-15-8-10-16(23)11-9-15/h4,6-11,24H,2-3,5,12-13H2,1H3. The molecule has 26 heavy (non-hydrogen) atoms. The molecule has 4 rings (SSSR count). The molecule has 5 heteroatoms. The summed E-state index contributed by atoms with van der Waals surface area (Å²) >= 11 is 6.33. The van der Waals surface area contributed by atoms with E-state index in [1.165, 1.54) is 17.7 Å². The summed E-state index contributed by atoms with van der Waals surface area (Å²) in [7, 11) is 0. The average molecular weight is 370 g/mol. The van der Waals surface area contributed by atoms with Crippen LogP contribution in [0.1, 0.15) is 35.2 Å². The summed E-state index contributed by atoms with van der Waals surface area (Å²) in [5, 5.41) is 9.21. The second kappa shape index (κ2) is 7.12. The van der Waals surface area contributed by atoms with E-state index in [1.54, 1.807) is 0 Å². The molecule has 1 aliphatic heterocycles. The zero-order valence-corrected chi connectivity index (χ0v) is 15.5. The number of rotatable bonds is 3. The zero-order valence-electron chi connectivity index (χ0n) is 14.7. The number of hydrogen-bond donors (Lipinski definition) is 1. The molecule has 3 nitrogen and oxygen atoms in total. The highest BCUT2D eigenvalue weighted by Crippen LogP contribution is 2.32. The maximum Gasteiger partial charge on any atom is 0.133 e. The van der Waals surface area contributed by atoms with Gasteiger partial charge in [-0.05, 0) is 61.6 Å². The molecule has 134 valence electrons. The highest BCUT2D eigenvalue weighted by molar-refractivity contribution is 6.31. The van der Waals surface area contributed by atoms with Crippen molar-refractivity contribution in [2.75, 3.05) is 11.9 Å². The van der Waals surface area contributed by atoms with Gasteiger partial charge in [0.05, 0.1) is 11.4 Å². The SMILES string of the molecule is Cc1c(Cl)cccc1-n1nc(Cc2ccc(F)cc2)c2c1NCCCC2. The minimum absolute atomic E-state index is 0.214. The maximum absolute atomic E-state index is 13.2. The Hall–Kier alpha value is -2.33. The molecule has 0 spiro atoms. The number of nitrogens with one attached hydrogen (secondary N) is 1. The third-order valence-electron chi connectivity index (χ3n) is 4.96. The van der Waals surface area contributed by atoms with Crippen molar-refractivity contribution in [3.63, 3.8) is 0 Å². The lowest BCUT2D eigenvalue weighted by molar-refractivity contribution is 0.627. The number of aromatic nitrogens is 2. The molecular formula is C21H21ClFN3. The fourth-order valence-corrected chi connectivity index (χ4v) is 3.68. The lowest BCUT2D eigenvalue weighted by Gasteiger charge is -2.12. The summed E-state index contributed by atoms with van der Waals surface area (Å²) in [6.07, 6.45) is 3.96. The van der Waals surface area contributed by atoms with Crippen molar-refractivity contribution in [1.29, 1.82) is 0 Å². The monoisotopic (exact) mass is 369 g/mol. The Morgan fingerprint density at radius 1 is 1.15 bits per heavy atom. The van der Waals surface area contributed by atoms with Crippen LogP contribution >= 0.6 is 11.6 Å². The quantitative estimate of drug-likeness (QED) is 0.677. The number of hydrogen-bond acceptors (Lipinski definition) is 2. The smallest absolute Gasteiger partial charge is 0.133 e. The minimum atomic E-state index is -0.214. The van der Waals surface area contributed by atoms with Crippen LogP contribution in [0.25, 0.3) is 5.69 Å². The van der Waals surface area contributed by atoms with E-state index < -0.39 is 0 Å². The fourth-order valence-electron chi connectivity index (χ4n) is 3.51. The van der Waals surface area contributed by atoms with E-state index in [2.05, 4.69) is 5.32 Å². The Labute approximate surface area is 157 Å². The molecule has 0 saturated carbocycles. The van der Waals surface area contributed by atoms with Crippen molar-refractivity contribution in [1.82, 2.24) is 9.78 Å². The van der Waals surface area contributed by atoms with Crippen LogP contribution in [0.15, 0.2) is 42.5 Å². The lowest BCUT2D eigenvalue weighted by Crippen LogP contribution is -2.08.